The van der Waals surface area contributed by atoms with E-state index in [1.54, 1.807) is 13.0 Å². The van der Waals surface area contributed by atoms with Crippen LogP contribution in [0.2, 0.25) is 0 Å². The first-order valence-corrected chi connectivity index (χ1v) is 9.83. The Labute approximate surface area is 142 Å². The molecule has 0 saturated carbocycles. The maximum Gasteiger partial charge on any atom is 0.279 e. The number of ether oxygens (including phenoxy) is 1. The highest BCUT2D eigenvalue weighted by Gasteiger charge is 2.36. The van der Waals surface area contributed by atoms with Crippen molar-refractivity contribution in [3.63, 3.8) is 0 Å². The van der Waals surface area contributed by atoms with Crippen LogP contribution >= 0.6 is 0 Å². The number of aromatic nitrogens is 2. The lowest BCUT2D eigenvalue weighted by Crippen LogP contribution is -2.49. The highest BCUT2D eigenvalue weighted by molar-refractivity contribution is 7.87. The third-order valence-electron chi connectivity index (χ3n) is 4.53. The van der Waals surface area contributed by atoms with Crippen molar-refractivity contribution >= 4 is 10.2 Å². The molecule has 9 heteroatoms. The van der Waals surface area contributed by atoms with Gasteiger partial charge in [0.05, 0.1) is 31.0 Å². The summed E-state index contributed by atoms with van der Waals surface area (Å²) >= 11 is 0. The summed E-state index contributed by atoms with van der Waals surface area (Å²) < 4.78 is 36.3. The Morgan fingerprint density at radius 1 is 1.17 bits per heavy atom. The van der Waals surface area contributed by atoms with Crippen LogP contribution in [0.4, 0.5) is 0 Å². The maximum atomic E-state index is 12.7. The molecule has 0 spiro atoms. The Morgan fingerprint density at radius 3 is 2.58 bits per heavy atom. The third-order valence-corrected chi connectivity index (χ3v) is 6.17. The van der Waals surface area contributed by atoms with Gasteiger partial charge in [0.2, 0.25) is 0 Å². The summed E-state index contributed by atoms with van der Waals surface area (Å²) in [4.78, 5) is 12.1. The molecule has 0 radical (unpaired) electrons. The van der Waals surface area contributed by atoms with Crippen LogP contribution in [0.3, 0.4) is 0 Å². The van der Waals surface area contributed by atoms with Crippen LogP contribution in [0.25, 0.3) is 0 Å². The van der Waals surface area contributed by atoms with Crippen molar-refractivity contribution in [3.8, 4) is 0 Å². The molecule has 0 aromatic carbocycles. The molecule has 2 aliphatic heterocycles. The smallest absolute Gasteiger partial charge is 0.279 e. The van der Waals surface area contributed by atoms with Gasteiger partial charge in [0.15, 0.2) is 0 Å². The van der Waals surface area contributed by atoms with Gasteiger partial charge in [0.1, 0.15) is 0 Å². The first-order valence-electron chi connectivity index (χ1n) is 8.39. The van der Waals surface area contributed by atoms with Crippen molar-refractivity contribution < 1.29 is 13.2 Å². The molecule has 0 amide bonds. The number of rotatable bonds is 4. The zero-order valence-electron chi connectivity index (χ0n) is 13.8. The van der Waals surface area contributed by atoms with Gasteiger partial charge in [-0.1, -0.05) is 12.8 Å². The molecule has 134 valence electrons. The average molecular weight is 356 g/mol. The molecule has 3 heterocycles. The van der Waals surface area contributed by atoms with Crippen LogP contribution in [0.1, 0.15) is 37.4 Å². The summed E-state index contributed by atoms with van der Waals surface area (Å²) in [5.74, 6) is 0. The molecule has 8 nitrogen and oxygen atoms in total. The minimum absolute atomic E-state index is 0.236. The second kappa shape index (κ2) is 7.30. The van der Waals surface area contributed by atoms with Gasteiger partial charge < -0.3 is 4.74 Å². The topological polar surface area (TPSA) is 93.5 Å². The van der Waals surface area contributed by atoms with Gasteiger partial charge in [0.25, 0.3) is 15.8 Å². The number of aryl methyl sites for hydroxylation is 1. The second-order valence-electron chi connectivity index (χ2n) is 6.40. The minimum Gasteiger partial charge on any atom is -0.377 e. The Kier molecular flexibility index (Phi) is 5.33. The molecule has 3 rings (SSSR count). The van der Waals surface area contributed by atoms with E-state index in [1.165, 1.54) is 15.1 Å². The van der Waals surface area contributed by atoms with Gasteiger partial charge in [-0.2, -0.15) is 22.5 Å². The number of hydrogen-bond acceptors (Lipinski definition) is 5. The number of hydrogen-bond donors (Lipinski definition) is 1. The van der Waals surface area contributed by atoms with Crippen LogP contribution in [-0.2, 0) is 14.9 Å². The van der Waals surface area contributed by atoms with Gasteiger partial charge in [-0.05, 0) is 25.8 Å². The van der Waals surface area contributed by atoms with Crippen LogP contribution in [0, 0.1) is 6.92 Å². The summed E-state index contributed by atoms with van der Waals surface area (Å²) in [7, 11) is -3.59. The Balaban J connectivity index is 1.78. The van der Waals surface area contributed by atoms with Crippen LogP contribution in [-0.4, -0.2) is 54.8 Å². The monoisotopic (exact) mass is 356 g/mol. The summed E-state index contributed by atoms with van der Waals surface area (Å²) in [5, 5.41) is 4.24. The lowest BCUT2D eigenvalue weighted by molar-refractivity contribution is 0.181. The summed E-state index contributed by atoms with van der Waals surface area (Å²) in [6.07, 6.45) is 3.88. The highest BCUT2D eigenvalue weighted by atomic mass is 32.2. The minimum atomic E-state index is -3.59. The molecule has 0 aliphatic carbocycles. The molecule has 1 aromatic rings. The fourth-order valence-corrected chi connectivity index (χ4v) is 4.70. The molecular weight excluding hydrogens is 332 g/mol. The first kappa shape index (κ1) is 17.5. The van der Waals surface area contributed by atoms with E-state index in [1.807, 2.05) is 0 Å². The van der Waals surface area contributed by atoms with Crippen molar-refractivity contribution in [2.45, 2.75) is 44.7 Å². The van der Waals surface area contributed by atoms with E-state index in [0.717, 1.165) is 25.7 Å². The second-order valence-corrected chi connectivity index (χ2v) is 8.11. The quantitative estimate of drug-likeness (QED) is 0.832. The summed E-state index contributed by atoms with van der Waals surface area (Å²) in [6, 6.07) is 2.16. The molecule has 2 atom stereocenters. The maximum absolute atomic E-state index is 12.7. The summed E-state index contributed by atoms with van der Waals surface area (Å²) in [6.45, 7) is 3.37. The van der Waals surface area contributed by atoms with E-state index < -0.39 is 22.3 Å². The van der Waals surface area contributed by atoms with E-state index in [2.05, 4.69) is 9.82 Å². The normalized spacial score (nSPS) is 26.4. The SMILES string of the molecule is Cc1ccc(=O)n(C2COCC2NS(=O)(=O)N2CCCCCC2)n1. The Bertz CT molecular complexity index is 725. The van der Waals surface area contributed by atoms with E-state index in [-0.39, 0.29) is 18.8 Å². The van der Waals surface area contributed by atoms with Crippen molar-refractivity contribution in [1.82, 2.24) is 18.8 Å². The van der Waals surface area contributed by atoms with Crippen LogP contribution in [0.5, 0.6) is 0 Å². The van der Waals surface area contributed by atoms with Gasteiger partial charge in [0, 0.05) is 19.2 Å². The van der Waals surface area contributed by atoms with Gasteiger partial charge in [-0.15, -0.1) is 0 Å². The molecule has 2 fully saturated rings. The number of nitrogens with zero attached hydrogens (tertiary/aromatic N) is 3. The van der Waals surface area contributed by atoms with E-state index in [9.17, 15) is 13.2 Å². The standard InChI is InChI=1S/C15H24N4O4S/c1-12-6-7-15(20)19(16-12)14-11-23-10-13(14)17-24(21,22)18-8-4-2-3-5-9-18/h6-7,13-14,17H,2-5,8-11H2,1H3. The molecule has 0 bridgehead atoms. The predicted octanol–water partition coefficient (Wildman–Crippen LogP) is 0.202. The largest absolute Gasteiger partial charge is 0.377 e. The summed E-state index contributed by atoms with van der Waals surface area (Å²) in [5.41, 5.74) is 0.450. The van der Waals surface area contributed by atoms with Crippen molar-refractivity contribution in [2.75, 3.05) is 26.3 Å². The highest BCUT2D eigenvalue weighted by Crippen LogP contribution is 2.20. The zero-order chi connectivity index (χ0) is 17.2. The van der Waals surface area contributed by atoms with E-state index >= 15 is 0 Å². The van der Waals surface area contributed by atoms with Crippen LogP contribution in [0.15, 0.2) is 16.9 Å². The Morgan fingerprint density at radius 2 is 1.88 bits per heavy atom. The molecule has 1 aromatic heterocycles. The predicted molar refractivity (Wildman–Crippen MR) is 89.0 cm³/mol. The van der Waals surface area contributed by atoms with Crippen molar-refractivity contribution in [2.24, 2.45) is 0 Å². The van der Waals surface area contributed by atoms with Crippen molar-refractivity contribution in [3.05, 3.63) is 28.2 Å². The van der Waals surface area contributed by atoms with Gasteiger partial charge in [-0.25, -0.2) is 4.68 Å². The lowest BCUT2D eigenvalue weighted by atomic mass is 10.2. The molecule has 2 aliphatic rings. The molecule has 1 N–H and O–H groups in total. The fraction of sp³-hybridized carbons (Fsp3) is 0.733. The third kappa shape index (κ3) is 3.85. The van der Waals surface area contributed by atoms with Crippen LogP contribution < -0.4 is 10.3 Å². The van der Waals surface area contributed by atoms with E-state index in [0.29, 0.717) is 18.8 Å². The Hall–Kier alpha value is -1.29. The zero-order valence-corrected chi connectivity index (χ0v) is 14.7. The molecule has 24 heavy (non-hydrogen) atoms. The molecule has 2 unspecified atom stereocenters. The first-order chi connectivity index (χ1) is 11.5. The van der Waals surface area contributed by atoms with Gasteiger partial charge >= 0.3 is 0 Å². The fourth-order valence-electron chi connectivity index (χ4n) is 3.20. The van der Waals surface area contributed by atoms with E-state index in [4.69, 9.17) is 4.74 Å². The molecular formula is C15H24N4O4S. The molecule has 2 saturated heterocycles. The number of nitrogens with one attached hydrogen (secondary N) is 1. The van der Waals surface area contributed by atoms with Crippen molar-refractivity contribution in [1.29, 1.82) is 0 Å². The van der Waals surface area contributed by atoms with Gasteiger partial charge in [-0.3, -0.25) is 4.79 Å². The lowest BCUT2D eigenvalue weighted by Gasteiger charge is -2.25. The average Bonchev–Trinajstić information content (AvgIpc) is 2.81.